The predicted octanol–water partition coefficient (Wildman–Crippen LogP) is 0.0196. The van der Waals surface area contributed by atoms with Crippen molar-refractivity contribution in [3.8, 4) is 0 Å². The quantitative estimate of drug-likeness (QED) is 0.535. The van der Waals surface area contributed by atoms with Gasteiger partial charge in [-0.1, -0.05) is 6.92 Å². The smallest absolute Gasteiger partial charge is 0.161 e. The van der Waals surface area contributed by atoms with E-state index in [0.29, 0.717) is 0 Å². The first kappa shape index (κ1) is 15.8. The molecule has 0 saturated heterocycles. The van der Waals surface area contributed by atoms with E-state index in [1.807, 2.05) is 0 Å². The average molecular weight is 302 g/mol. The van der Waals surface area contributed by atoms with Gasteiger partial charge in [-0.2, -0.15) is 0 Å². The van der Waals surface area contributed by atoms with E-state index in [4.69, 9.17) is 5.11 Å². The number of rotatable bonds is 5. The molecule has 21 heavy (non-hydrogen) atoms. The summed E-state index contributed by atoms with van der Waals surface area (Å²) in [6.07, 6.45) is -4.49. The molecule has 2 aromatic rings. The minimum absolute atomic E-state index is 0.181. The number of aromatic amines is 1. The van der Waals surface area contributed by atoms with Crippen molar-refractivity contribution in [1.29, 1.82) is 0 Å². The van der Waals surface area contributed by atoms with Crippen LogP contribution in [0.3, 0.4) is 0 Å². The number of hydrogen-bond donors (Lipinski definition) is 5. The van der Waals surface area contributed by atoms with E-state index in [0.717, 1.165) is 12.1 Å². The highest BCUT2D eigenvalue weighted by Gasteiger charge is 2.31. The number of hydrogen-bond acceptors (Lipinski definition) is 5. The van der Waals surface area contributed by atoms with Crippen LogP contribution in [0.15, 0.2) is 12.1 Å². The highest BCUT2D eigenvalue weighted by molar-refractivity contribution is 5.75. The minimum atomic E-state index is -1.58. The second-order valence-corrected chi connectivity index (χ2v) is 4.93. The second kappa shape index (κ2) is 6.02. The summed E-state index contributed by atoms with van der Waals surface area (Å²) in [5, 5.41) is 37.7. The topological polar surface area (TPSA) is 110 Å². The zero-order valence-corrected chi connectivity index (χ0v) is 11.2. The molecule has 0 amide bonds. The van der Waals surface area contributed by atoms with Crippen molar-refractivity contribution in [1.82, 2.24) is 9.97 Å². The van der Waals surface area contributed by atoms with E-state index in [-0.39, 0.29) is 16.9 Å². The van der Waals surface area contributed by atoms with Crippen LogP contribution >= 0.6 is 0 Å². The molecule has 1 aromatic heterocycles. The molecular formula is C13H16F2N2O4. The fourth-order valence-electron chi connectivity index (χ4n) is 2.03. The van der Waals surface area contributed by atoms with Crippen LogP contribution in [0.5, 0.6) is 0 Å². The molecule has 0 saturated carbocycles. The summed E-state index contributed by atoms with van der Waals surface area (Å²) in [6, 6.07) is 1.86. The number of fused-ring (bicyclic) bond motifs is 1. The van der Waals surface area contributed by atoms with Crippen molar-refractivity contribution < 1.29 is 29.2 Å². The summed E-state index contributed by atoms with van der Waals surface area (Å²) in [5.41, 5.74) is 0.431. The zero-order valence-electron chi connectivity index (χ0n) is 11.2. The second-order valence-electron chi connectivity index (χ2n) is 4.93. The minimum Gasteiger partial charge on any atom is -0.394 e. The maximum Gasteiger partial charge on any atom is 0.161 e. The molecule has 8 heteroatoms. The molecule has 5 N–H and O–H groups in total. The standard InChI is InChI=1S/C13H16F2N2O4/c1-5(11(20)12(21)10(19)4-18)13-16-8-2-6(14)7(15)3-9(8)17-13/h2-3,5,10-12,18-21H,4H2,1H3,(H,16,17)/t5?,10?,11-,12+/m1/s1. The Morgan fingerprint density at radius 2 is 1.76 bits per heavy atom. The van der Waals surface area contributed by atoms with Crippen LogP contribution in [-0.4, -0.2) is 55.3 Å². The maximum atomic E-state index is 13.1. The number of H-pyrrole nitrogens is 1. The van der Waals surface area contributed by atoms with Crippen molar-refractivity contribution in [2.75, 3.05) is 6.61 Å². The van der Waals surface area contributed by atoms with E-state index in [2.05, 4.69) is 9.97 Å². The number of aliphatic hydroxyl groups is 4. The molecule has 1 aromatic carbocycles. The lowest BCUT2D eigenvalue weighted by Crippen LogP contribution is -2.42. The fraction of sp³-hybridized carbons (Fsp3) is 0.462. The molecule has 0 aliphatic carbocycles. The molecule has 6 nitrogen and oxygen atoms in total. The van der Waals surface area contributed by atoms with Gasteiger partial charge in [0.25, 0.3) is 0 Å². The van der Waals surface area contributed by atoms with Gasteiger partial charge in [0.2, 0.25) is 0 Å². The third-order valence-corrected chi connectivity index (χ3v) is 3.42. The van der Waals surface area contributed by atoms with E-state index in [9.17, 15) is 24.1 Å². The highest BCUT2D eigenvalue weighted by Crippen LogP contribution is 2.24. The number of aromatic nitrogens is 2. The summed E-state index contributed by atoms with van der Waals surface area (Å²) in [5.74, 6) is -2.61. The Balaban J connectivity index is 2.28. The van der Waals surface area contributed by atoms with Crippen LogP contribution in [0.4, 0.5) is 8.78 Å². The molecular weight excluding hydrogens is 286 g/mol. The van der Waals surface area contributed by atoms with Gasteiger partial charge in [-0.3, -0.25) is 0 Å². The molecule has 116 valence electrons. The summed E-state index contributed by atoms with van der Waals surface area (Å²) in [4.78, 5) is 6.75. The van der Waals surface area contributed by atoms with Gasteiger partial charge in [0, 0.05) is 18.1 Å². The van der Waals surface area contributed by atoms with E-state index in [1.165, 1.54) is 6.92 Å². The van der Waals surface area contributed by atoms with Gasteiger partial charge in [-0.05, 0) is 0 Å². The third-order valence-electron chi connectivity index (χ3n) is 3.42. The number of halogens is 2. The van der Waals surface area contributed by atoms with Gasteiger partial charge in [0.05, 0.1) is 23.7 Å². The lowest BCUT2D eigenvalue weighted by molar-refractivity contribution is -0.0832. The van der Waals surface area contributed by atoms with E-state index < -0.39 is 42.5 Å². The fourth-order valence-corrected chi connectivity index (χ4v) is 2.03. The van der Waals surface area contributed by atoms with Gasteiger partial charge in [0.15, 0.2) is 11.6 Å². The van der Waals surface area contributed by atoms with Crippen molar-refractivity contribution in [2.24, 2.45) is 0 Å². The molecule has 2 unspecified atom stereocenters. The Bertz CT molecular complexity index is 595. The first-order valence-electron chi connectivity index (χ1n) is 6.34. The summed E-state index contributed by atoms with van der Waals surface area (Å²) >= 11 is 0. The normalized spacial score (nSPS) is 17.7. The summed E-state index contributed by atoms with van der Waals surface area (Å²) < 4.78 is 26.2. The molecule has 0 bridgehead atoms. The molecule has 2 rings (SSSR count). The van der Waals surface area contributed by atoms with Gasteiger partial charge >= 0.3 is 0 Å². The first-order chi connectivity index (χ1) is 9.85. The lowest BCUT2D eigenvalue weighted by atomic mass is 9.96. The van der Waals surface area contributed by atoms with Crippen molar-refractivity contribution in [2.45, 2.75) is 31.2 Å². The molecule has 0 radical (unpaired) electrons. The molecule has 0 aliphatic rings. The Hall–Kier alpha value is -1.61. The Labute approximate surface area is 118 Å². The highest BCUT2D eigenvalue weighted by atomic mass is 19.2. The summed E-state index contributed by atoms with van der Waals surface area (Å²) in [7, 11) is 0. The van der Waals surface area contributed by atoms with Crippen molar-refractivity contribution in [3.05, 3.63) is 29.6 Å². The van der Waals surface area contributed by atoms with Crippen LogP contribution < -0.4 is 0 Å². The number of nitrogens with one attached hydrogen (secondary N) is 1. The Morgan fingerprint density at radius 1 is 1.14 bits per heavy atom. The molecule has 1 heterocycles. The molecule has 0 aliphatic heterocycles. The van der Waals surface area contributed by atoms with Gasteiger partial charge < -0.3 is 25.4 Å². The number of nitrogens with zero attached hydrogens (tertiary/aromatic N) is 1. The SMILES string of the molecule is CC(c1nc2cc(F)c(F)cc2[nH]1)[C@@H](O)[C@@H](O)C(O)CO. The monoisotopic (exact) mass is 302 g/mol. The van der Waals surface area contributed by atoms with Crippen LogP contribution in [0, 0.1) is 11.6 Å². The Kier molecular flexibility index (Phi) is 4.52. The molecule has 0 spiro atoms. The maximum absolute atomic E-state index is 13.1. The zero-order chi connectivity index (χ0) is 15.7. The van der Waals surface area contributed by atoms with E-state index in [1.54, 1.807) is 0 Å². The third kappa shape index (κ3) is 3.03. The van der Waals surface area contributed by atoms with Crippen molar-refractivity contribution in [3.63, 3.8) is 0 Å². The molecule has 4 atom stereocenters. The number of imidazole rings is 1. The first-order valence-corrected chi connectivity index (χ1v) is 6.34. The largest absolute Gasteiger partial charge is 0.394 e. The Morgan fingerprint density at radius 3 is 2.38 bits per heavy atom. The predicted molar refractivity (Wildman–Crippen MR) is 69.5 cm³/mol. The van der Waals surface area contributed by atoms with Crippen LogP contribution in [0.2, 0.25) is 0 Å². The van der Waals surface area contributed by atoms with Crippen LogP contribution in [-0.2, 0) is 0 Å². The average Bonchev–Trinajstić information content (AvgIpc) is 2.87. The number of aliphatic hydroxyl groups excluding tert-OH is 4. The lowest BCUT2D eigenvalue weighted by Gasteiger charge is -2.25. The van der Waals surface area contributed by atoms with Crippen molar-refractivity contribution >= 4 is 11.0 Å². The van der Waals surface area contributed by atoms with Gasteiger partial charge in [0.1, 0.15) is 18.0 Å². The van der Waals surface area contributed by atoms with Crippen LogP contribution in [0.1, 0.15) is 18.7 Å². The summed E-state index contributed by atoms with van der Waals surface area (Å²) in [6.45, 7) is 0.809. The van der Waals surface area contributed by atoms with Gasteiger partial charge in [-0.25, -0.2) is 13.8 Å². The molecule has 0 fully saturated rings. The number of benzene rings is 1. The van der Waals surface area contributed by atoms with Gasteiger partial charge in [-0.15, -0.1) is 0 Å². The van der Waals surface area contributed by atoms with E-state index >= 15 is 0 Å². The van der Waals surface area contributed by atoms with Crippen LogP contribution in [0.25, 0.3) is 11.0 Å².